The first-order valence-electron chi connectivity index (χ1n) is 7.76. The molecule has 2 fully saturated rings. The molecule has 2 N–H and O–H groups in total. The Bertz CT molecular complexity index is 613. The third-order valence-electron chi connectivity index (χ3n) is 4.54. The van der Waals surface area contributed by atoms with E-state index in [0.29, 0.717) is 16.3 Å². The lowest BCUT2D eigenvalue weighted by molar-refractivity contribution is -0.130. The van der Waals surface area contributed by atoms with Crippen molar-refractivity contribution in [2.24, 2.45) is 11.8 Å². The van der Waals surface area contributed by atoms with E-state index >= 15 is 0 Å². The number of rotatable bonds is 4. The van der Waals surface area contributed by atoms with Crippen molar-refractivity contribution < 1.29 is 14.0 Å². The molecule has 7 heteroatoms. The van der Waals surface area contributed by atoms with Crippen molar-refractivity contribution in [2.45, 2.75) is 6.42 Å². The highest BCUT2D eigenvalue weighted by Crippen LogP contribution is 2.26. The number of fused-ring (bicyclic) bond motifs is 1. The van der Waals surface area contributed by atoms with E-state index in [9.17, 15) is 14.0 Å². The number of likely N-dealkylation sites (tertiary alicyclic amines) is 1. The smallest absolute Gasteiger partial charge is 0.252 e. The number of carbonyl (C=O) groups is 2. The van der Waals surface area contributed by atoms with Crippen molar-refractivity contribution in [3.05, 3.63) is 34.1 Å². The summed E-state index contributed by atoms with van der Waals surface area (Å²) >= 11 is 3.22. The van der Waals surface area contributed by atoms with Gasteiger partial charge >= 0.3 is 0 Å². The zero-order valence-corrected chi connectivity index (χ0v) is 14.2. The van der Waals surface area contributed by atoms with Crippen LogP contribution in [0, 0.1) is 17.7 Å². The van der Waals surface area contributed by atoms with E-state index in [1.807, 2.05) is 4.90 Å². The Hall–Kier alpha value is -1.47. The van der Waals surface area contributed by atoms with Crippen LogP contribution in [0.1, 0.15) is 16.8 Å². The molecule has 3 rings (SSSR count). The summed E-state index contributed by atoms with van der Waals surface area (Å²) in [6.45, 7) is 3.84. The van der Waals surface area contributed by atoms with E-state index in [-0.39, 0.29) is 30.3 Å². The largest absolute Gasteiger partial charge is 0.351 e. The third-order valence-corrected chi connectivity index (χ3v) is 5.23. The molecular weight excluding hydrogens is 365 g/mol. The number of hydrogen-bond donors (Lipinski definition) is 2. The molecule has 23 heavy (non-hydrogen) atoms. The average Bonchev–Trinajstić information content (AvgIpc) is 3.10. The normalized spacial score (nSPS) is 23.0. The van der Waals surface area contributed by atoms with Crippen molar-refractivity contribution in [1.82, 2.24) is 15.5 Å². The van der Waals surface area contributed by atoms with Crippen molar-refractivity contribution >= 4 is 27.7 Å². The third kappa shape index (κ3) is 3.72. The maximum atomic E-state index is 13.2. The Morgan fingerprint density at radius 1 is 1.30 bits per heavy atom. The quantitative estimate of drug-likeness (QED) is 0.825. The van der Waals surface area contributed by atoms with Crippen LogP contribution in [-0.2, 0) is 4.79 Å². The van der Waals surface area contributed by atoms with Crippen LogP contribution < -0.4 is 10.6 Å². The van der Waals surface area contributed by atoms with Crippen molar-refractivity contribution in [3.8, 4) is 0 Å². The molecule has 0 aliphatic carbocycles. The highest BCUT2D eigenvalue weighted by molar-refractivity contribution is 9.10. The molecule has 1 aromatic rings. The summed E-state index contributed by atoms with van der Waals surface area (Å²) in [6.07, 6.45) is 0.269. The minimum atomic E-state index is -0.466. The summed E-state index contributed by atoms with van der Waals surface area (Å²) in [5.74, 6) is 0.352. The van der Waals surface area contributed by atoms with Gasteiger partial charge in [-0.2, -0.15) is 0 Å². The second-order valence-corrected chi connectivity index (χ2v) is 6.96. The first-order valence-corrected chi connectivity index (χ1v) is 8.55. The lowest BCUT2D eigenvalue weighted by Crippen LogP contribution is -2.35. The van der Waals surface area contributed by atoms with Gasteiger partial charge in [0.1, 0.15) is 5.82 Å². The summed E-state index contributed by atoms with van der Waals surface area (Å²) in [5, 5.41) is 6.02. The number of hydrogen-bond acceptors (Lipinski definition) is 3. The second kappa shape index (κ2) is 6.97. The highest BCUT2D eigenvalue weighted by atomic mass is 79.9. The van der Waals surface area contributed by atoms with Gasteiger partial charge in [0.15, 0.2) is 0 Å². The molecule has 0 aromatic heterocycles. The van der Waals surface area contributed by atoms with Gasteiger partial charge in [-0.3, -0.25) is 9.59 Å². The van der Waals surface area contributed by atoms with Crippen LogP contribution in [0.5, 0.6) is 0 Å². The van der Waals surface area contributed by atoms with Crippen LogP contribution in [0.25, 0.3) is 0 Å². The first-order chi connectivity index (χ1) is 11.0. The predicted molar refractivity (Wildman–Crippen MR) is 87.5 cm³/mol. The molecule has 2 amide bonds. The lowest BCUT2D eigenvalue weighted by atomic mass is 10.0. The monoisotopic (exact) mass is 383 g/mol. The molecule has 2 aliphatic heterocycles. The number of halogens is 2. The summed E-state index contributed by atoms with van der Waals surface area (Å²) in [5.41, 5.74) is 0.235. The Morgan fingerprint density at radius 3 is 2.70 bits per heavy atom. The van der Waals surface area contributed by atoms with Gasteiger partial charge in [0.25, 0.3) is 5.91 Å². The van der Waals surface area contributed by atoms with Crippen LogP contribution in [-0.4, -0.2) is 49.4 Å². The molecule has 0 saturated carbocycles. The minimum absolute atomic E-state index is 0.0676. The molecule has 0 radical (unpaired) electrons. The maximum Gasteiger partial charge on any atom is 0.252 e. The summed E-state index contributed by atoms with van der Waals surface area (Å²) < 4.78 is 13.7. The predicted octanol–water partition coefficient (Wildman–Crippen LogP) is 1.39. The number of nitrogens with one attached hydrogen (secondary N) is 2. The molecule has 1 aromatic carbocycles. The number of benzene rings is 1. The van der Waals surface area contributed by atoms with E-state index in [2.05, 4.69) is 26.6 Å². The number of amides is 2. The topological polar surface area (TPSA) is 61.4 Å². The van der Waals surface area contributed by atoms with Crippen molar-refractivity contribution in [1.29, 1.82) is 0 Å². The van der Waals surface area contributed by atoms with Crippen LogP contribution in [0.2, 0.25) is 0 Å². The zero-order valence-electron chi connectivity index (χ0n) is 12.6. The first kappa shape index (κ1) is 16.4. The van der Waals surface area contributed by atoms with Gasteiger partial charge in [-0.15, -0.1) is 0 Å². The van der Waals surface area contributed by atoms with Gasteiger partial charge in [-0.05, 0) is 46.0 Å². The summed E-state index contributed by atoms with van der Waals surface area (Å²) in [7, 11) is 0. The van der Waals surface area contributed by atoms with Gasteiger partial charge in [0.2, 0.25) is 5.91 Å². The molecule has 5 nitrogen and oxygen atoms in total. The zero-order chi connectivity index (χ0) is 16.4. The van der Waals surface area contributed by atoms with Gasteiger partial charge in [-0.25, -0.2) is 4.39 Å². The number of carbonyl (C=O) groups excluding carboxylic acids is 2. The molecule has 0 spiro atoms. The van der Waals surface area contributed by atoms with Crippen LogP contribution >= 0.6 is 15.9 Å². The molecular formula is C16H19BrFN3O2. The fourth-order valence-electron chi connectivity index (χ4n) is 3.27. The van der Waals surface area contributed by atoms with Gasteiger partial charge in [-0.1, -0.05) is 0 Å². The Kier molecular flexibility index (Phi) is 4.96. The summed E-state index contributed by atoms with van der Waals surface area (Å²) in [4.78, 5) is 26.1. The molecule has 0 unspecified atom stereocenters. The van der Waals surface area contributed by atoms with E-state index in [4.69, 9.17) is 0 Å². The SMILES string of the molecule is O=C(NCCC(=O)N1C[C@H]2CNC[C@H]2C1)c1cc(F)ccc1Br. The summed E-state index contributed by atoms with van der Waals surface area (Å²) in [6, 6.07) is 3.95. The van der Waals surface area contributed by atoms with Crippen LogP contribution in [0.15, 0.2) is 22.7 Å². The molecule has 2 atom stereocenters. The molecule has 124 valence electrons. The van der Waals surface area contributed by atoms with Gasteiger partial charge in [0.05, 0.1) is 5.56 Å². The molecule has 2 saturated heterocycles. The highest BCUT2D eigenvalue weighted by Gasteiger charge is 2.37. The Labute approximate surface area is 142 Å². The van der Waals surface area contributed by atoms with Crippen molar-refractivity contribution in [2.75, 3.05) is 32.7 Å². The Balaban J connectivity index is 1.46. The number of nitrogens with zero attached hydrogens (tertiary/aromatic N) is 1. The average molecular weight is 384 g/mol. The van der Waals surface area contributed by atoms with Crippen molar-refractivity contribution in [3.63, 3.8) is 0 Å². The van der Waals surface area contributed by atoms with E-state index in [1.54, 1.807) is 0 Å². The lowest BCUT2D eigenvalue weighted by Gasteiger charge is -2.17. The maximum absolute atomic E-state index is 13.2. The van der Waals surface area contributed by atoms with Gasteiger partial charge in [0, 0.05) is 43.6 Å². The minimum Gasteiger partial charge on any atom is -0.351 e. The van der Waals surface area contributed by atoms with Crippen LogP contribution in [0.4, 0.5) is 4.39 Å². The molecule has 2 heterocycles. The Morgan fingerprint density at radius 2 is 2.00 bits per heavy atom. The van der Waals surface area contributed by atoms with E-state index < -0.39 is 5.82 Å². The standard InChI is InChI=1S/C16H19BrFN3O2/c17-14-2-1-12(18)5-13(14)16(23)20-4-3-15(22)21-8-10-6-19-7-11(10)9-21/h1-2,5,10-11,19H,3-4,6-9H2,(H,20,23)/t10-,11+. The van der Waals surface area contributed by atoms with Crippen LogP contribution in [0.3, 0.4) is 0 Å². The molecule has 2 aliphatic rings. The van der Waals surface area contributed by atoms with E-state index in [0.717, 1.165) is 26.2 Å². The fourth-order valence-corrected chi connectivity index (χ4v) is 3.69. The molecule has 0 bridgehead atoms. The van der Waals surface area contributed by atoms with E-state index in [1.165, 1.54) is 18.2 Å². The fraction of sp³-hybridized carbons (Fsp3) is 0.500. The second-order valence-electron chi connectivity index (χ2n) is 6.11. The van der Waals surface area contributed by atoms with Gasteiger partial charge < -0.3 is 15.5 Å².